The molecule has 11 heteroatoms. The minimum atomic E-state index is -3.64. The summed E-state index contributed by atoms with van der Waals surface area (Å²) in [6, 6.07) is 9.55. The smallest absolute Gasteiger partial charge is 0.264 e. The van der Waals surface area contributed by atoms with Gasteiger partial charge in [0.15, 0.2) is 0 Å². The number of benzene rings is 2. The number of rotatable bonds is 9. The van der Waals surface area contributed by atoms with Gasteiger partial charge in [0, 0.05) is 22.6 Å². The van der Waals surface area contributed by atoms with E-state index in [4.69, 9.17) is 36.6 Å². The van der Waals surface area contributed by atoms with E-state index in [2.05, 4.69) is 5.16 Å². The van der Waals surface area contributed by atoms with Gasteiger partial charge in [0.05, 0.1) is 41.2 Å². The van der Waals surface area contributed by atoms with Crippen molar-refractivity contribution in [2.24, 2.45) is 0 Å². The van der Waals surface area contributed by atoms with Gasteiger partial charge in [-0.2, -0.15) is 8.42 Å². The largest absolute Gasteiger partial charge is 0.385 e. The standard InChI is InChI=1S/C27H28Cl2FNO6S/c1-38(33,34)36-14-16-5-8-20(23(30)13-16)27(32)11-9-18(10-12-27)35-15-19-25(31-37-26(19)17-6-7-17)24-21(28)3-2-4-22(24)29/h2-5,8,13,17-18,32H,6-7,9-12,14-15H2,1H3. The first kappa shape index (κ1) is 27.6. The maximum absolute atomic E-state index is 14.9. The summed E-state index contributed by atoms with van der Waals surface area (Å²) >= 11 is 12.9. The lowest BCUT2D eigenvalue weighted by molar-refractivity contribution is -0.0656. The third kappa shape index (κ3) is 6.08. The lowest BCUT2D eigenvalue weighted by Gasteiger charge is -2.36. The Morgan fingerprint density at radius 1 is 1.11 bits per heavy atom. The molecule has 0 radical (unpaired) electrons. The quantitative estimate of drug-likeness (QED) is 0.287. The number of hydrogen-bond donors (Lipinski definition) is 1. The zero-order chi connectivity index (χ0) is 27.1. The average molecular weight is 584 g/mol. The molecule has 2 aliphatic carbocycles. The maximum Gasteiger partial charge on any atom is 0.264 e. The van der Waals surface area contributed by atoms with Crippen LogP contribution in [0, 0.1) is 5.82 Å². The highest BCUT2D eigenvalue weighted by molar-refractivity contribution is 7.85. The van der Waals surface area contributed by atoms with Crippen LogP contribution in [-0.4, -0.2) is 31.0 Å². The molecule has 1 heterocycles. The fraction of sp³-hybridized carbons (Fsp3) is 0.444. The third-order valence-electron chi connectivity index (χ3n) is 7.16. The summed E-state index contributed by atoms with van der Waals surface area (Å²) in [5, 5.41) is 16.5. The molecule has 3 aromatic rings. The molecule has 204 valence electrons. The molecule has 0 spiro atoms. The number of nitrogens with zero attached hydrogens (tertiary/aromatic N) is 1. The van der Waals surface area contributed by atoms with Crippen LogP contribution in [0.3, 0.4) is 0 Å². The zero-order valence-electron chi connectivity index (χ0n) is 20.8. The molecule has 2 aromatic carbocycles. The number of aromatic nitrogens is 1. The van der Waals surface area contributed by atoms with Crippen LogP contribution in [0.1, 0.15) is 66.9 Å². The number of ether oxygens (including phenoxy) is 1. The van der Waals surface area contributed by atoms with Gasteiger partial charge in [-0.25, -0.2) is 4.39 Å². The van der Waals surface area contributed by atoms with Crippen LogP contribution in [0.2, 0.25) is 10.0 Å². The van der Waals surface area contributed by atoms with E-state index >= 15 is 0 Å². The number of aliphatic hydroxyl groups is 1. The molecule has 38 heavy (non-hydrogen) atoms. The van der Waals surface area contributed by atoms with Gasteiger partial charge in [-0.15, -0.1) is 0 Å². The van der Waals surface area contributed by atoms with Gasteiger partial charge in [0.2, 0.25) is 0 Å². The Morgan fingerprint density at radius 2 is 1.79 bits per heavy atom. The summed E-state index contributed by atoms with van der Waals surface area (Å²) in [4.78, 5) is 0. The molecule has 2 aliphatic rings. The van der Waals surface area contributed by atoms with Gasteiger partial charge in [-0.05, 0) is 62.3 Å². The first-order valence-corrected chi connectivity index (χ1v) is 15.0. The lowest BCUT2D eigenvalue weighted by atomic mass is 9.78. The molecule has 2 saturated carbocycles. The molecule has 0 aliphatic heterocycles. The molecule has 7 nitrogen and oxygen atoms in total. The molecular weight excluding hydrogens is 556 g/mol. The topological polar surface area (TPSA) is 98.9 Å². The predicted molar refractivity (Wildman–Crippen MR) is 141 cm³/mol. The van der Waals surface area contributed by atoms with Crippen molar-refractivity contribution in [3.8, 4) is 11.3 Å². The average Bonchev–Trinajstić information content (AvgIpc) is 3.62. The Labute approximate surface area is 231 Å². The molecule has 0 saturated heterocycles. The third-order valence-corrected chi connectivity index (χ3v) is 8.34. The van der Waals surface area contributed by atoms with Crippen LogP contribution in [0.15, 0.2) is 40.9 Å². The minimum absolute atomic E-state index is 0.141. The highest BCUT2D eigenvalue weighted by atomic mass is 35.5. The normalized spacial score (nSPS) is 22.1. The molecule has 0 atom stereocenters. The van der Waals surface area contributed by atoms with Gasteiger partial charge in [-0.3, -0.25) is 4.18 Å². The molecular formula is C27H28Cl2FNO6S. The summed E-state index contributed by atoms with van der Waals surface area (Å²) < 4.78 is 54.0. The molecule has 5 rings (SSSR count). The van der Waals surface area contributed by atoms with Gasteiger partial charge in [-0.1, -0.05) is 46.6 Å². The summed E-state index contributed by atoms with van der Waals surface area (Å²) in [6.07, 6.45) is 4.54. The second kappa shape index (κ2) is 10.9. The summed E-state index contributed by atoms with van der Waals surface area (Å²) in [7, 11) is -3.64. The Bertz CT molecular complexity index is 1410. The molecule has 0 amide bonds. The Hall–Kier alpha value is -2.01. The van der Waals surface area contributed by atoms with E-state index in [1.54, 1.807) is 24.3 Å². The number of halogens is 3. The lowest BCUT2D eigenvalue weighted by Crippen LogP contribution is -2.35. The molecule has 1 N–H and O–H groups in total. The van der Waals surface area contributed by atoms with Crippen LogP contribution < -0.4 is 0 Å². The van der Waals surface area contributed by atoms with Gasteiger partial charge >= 0.3 is 0 Å². The van der Waals surface area contributed by atoms with Crippen molar-refractivity contribution in [3.05, 3.63) is 74.7 Å². The summed E-state index contributed by atoms with van der Waals surface area (Å²) in [5.74, 6) is 0.507. The van der Waals surface area contributed by atoms with Crippen molar-refractivity contribution in [3.63, 3.8) is 0 Å². The summed E-state index contributed by atoms with van der Waals surface area (Å²) in [5.41, 5.74) is 1.24. The second-order valence-corrected chi connectivity index (χ2v) is 12.5. The van der Waals surface area contributed by atoms with Crippen LogP contribution in [0.5, 0.6) is 0 Å². The highest BCUT2D eigenvalue weighted by Crippen LogP contribution is 2.46. The van der Waals surface area contributed by atoms with Crippen molar-refractivity contribution in [1.29, 1.82) is 0 Å². The molecule has 0 unspecified atom stereocenters. The van der Waals surface area contributed by atoms with Gasteiger partial charge < -0.3 is 14.4 Å². The Kier molecular flexibility index (Phi) is 7.88. The fourth-order valence-electron chi connectivity index (χ4n) is 4.96. The van der Waals surface area contributed by atoms with Gasteiger partial charge in [0.25, 0.3) is 10.1 Å². The first-order valence-electron chi connectivity index (χ1n) is 12.4. The minimum Gasteiger partial charge on any atom is -0.385 e. The SMILES string of the molecule is CS(=O)(=O)OCc1ccc(C2(O)CCC(OCc3c(-c4c(Cl)cccc4Cl)noc3C3CC3)CC2)c(F)c1. The zero-order valence-corrected chi connectivity index (χ0v) is 23.1. The van der Waals surface area contributed by atoms with E-state index in [9.17, 15) is 17.9 Å². The highest BCUT2D eigenvalue weighted by Gasteiger charge is 2.38. The van der Waals surface area contributed by atoms with E-state index in [-0.39, 0.29) is 24.9 Å². The molecule has 0 bridgehead atoms. The van der Waals surface area contributed by atoms with Crippen molar-refractivity contribution >= 4 is 33.3 Å². The number of hydrogen-bond acceptors (Lipinski definition) is 7. The van der Waals surface area contributed by atoms with Gasteiger partial charge in [0.1, 0.15) is 17.3 Å². The summed E-state index contributed by atoms with van der Waals surface area (Å²) in [6.45, 7) is -0.00378. The van der Waals surface area contributed by atoms with E-state index in [1.807, 2.05) is 0 Å². The molecule has 1 aromatic heterocycles. The Balaban J connectivity index is 1.26. The predicted octanol–water partition coefficient (Wildman–Crippen LogP) is 6.49. The van der Waals surface area contributed by atoms with Crippen LogP contribution >= 0.6 is 23.2 Å². The van der Waals surface area contributed by atoms with E-state index in [0.717, 1.165) is 30.4 Å². The van der Waals surface area contributed by atoms with E-state index < -0.39 is 21.5 Å². The van der Waals surface area contributed by atoms with Crippen molar-refractivity contribution in [2.45, 2.75) is 69.4 Å². The fourth-order valence-corrected chi connectivity index (χ4v) is 5.88. The maximum atomic E-state index is 14.9. The van der Waals surface area contributed by atoms with Crippen molar-refractivity contribution in [2.75, 3.05) is 6.26 Å². The van der Waals surface area contributed by atoms with Crippen molar-refractivity contribution in [1.82, 2.24) is 5.16 Å². The van der Waals surface area contributed by atoms with E-state index in [0.29, 0.717) is 58.5 Å². The van der Waals surface area contributed by atoms with Crippen molar-refractivity contribution < 1.29 is 31.4 Å². The van der Waals surface area contributed by atoms with Crippen LogP contribution in [0.4, 0.5) is 4.39 Å². The van der Waals surface area contributed by atoms with Crippen LogP contribution in [0.25, 0.3) is 11.3 Å². The molecule has 2 fully saturated rings. The monoisotopic (exact) mass is 583 g/mol. The second-order valence-electron chi connectivity index (χ2n) is 10.1. The van der Waals surface area contributed by atoms with Crippen LogP contribution in [-0.2, 0) is 37.9 Å². The first-order chi connectivity index (χ1) is 18.0. The Morgan fingerprint density at radius 3 is 2.39 bits per heavy atom. The van der Waals surface area contributed by atoms with E-state index in [1.165, 1.54) is 12.1 Å².